The maximum Gasteiger partial charge on any atom is 0.251 e. The molecule has 0 heterocycles. The topological polar surface area (TPSA) is 75.4 Å². The maximum atomic E-state index is 11.9. The normalized spacial score (nSPS) is 10.2. The van der Waals surface area contributed by atoms with Crippen LogP contribution in [0.15, 0.2) is 46.9 Å². The average molecular weight is 335 g/mol. The summed E-state index contributed by atoms with van der Waals surface area (Å²) in [6, 6.07) is 12.0. The second kappa shape index (κ2) is 6.43. The van der Waals surface area contributed by atoms with Crippen molar-refractivity contribution in [2.75, 3.05) is 12.3 Å². The van der Waals surface area contributed by atoms with Gasteiger partial charge in [0.25, 0.3) is 5.91 Å². The number of nitrogens with two attached hydrogens (primary N) is 1. The van der Waals surface area contributed by atoms with Crippen LogP contribution in [0.3, 0.4) is 0 Å². The number of nitrogen functional groups attached to an aromatic ring is 1. The smallest absolute Gasteiger partial charge is 0.251 e. The summed E-state index contributed by atoms with van der Waals surface area (Å²) in [4.78, 5) is 11.9. The van der Waals surface area contributed by atoms with Crippen LogP contribution in [-0.4, -0.2) is 17.6 Å². The number of nitrogens with one attached hydrogen (secondary N) is 1. The van der Waals surface area contributed by atoms with E-state index in [-0.39, 0.29) is 11.7 Å². The third kappa shape index (κ3) is 3.74. The first-order valence-electron chi connectivity index (χ1n) is 6.17. The van der Waals surface area contributed by atoms with Crippen molar-refractivity contribution in [3.63, 3.8) is 0 Å². The van der Waals surface area contributed by atoms with E-state index in [1.165, 1.54) is 0 Å². The Kier molecular flexibility index (Phi) is 4.63. The second-order valence-electron chi connectivity index (χ2n) is 4.41. The quantitative estimate of drug-likeness (QED) is 0.752. The van der Waals surface area contributed by atoms with Crippen molar-refractivity contribution in [2.24, 2.45) is 0 Å². The zero-order chi connectivity index (χ0) is 14.5. The largest absolute Gasteiger partial charge is 0.508 e. The van der Waals surface area contributed by atoms with Gasteiger partial charge in [-0.3, -0.25) is 4.79 Å². The van der Waals surface area contributed by atoms with Crippen LogP contribution in [-0.2, 0) is 6.42 Å². The number of rotatable bonds is 4. The Labute approximate surface area is 125 Å². The minimum Gasteiger partial charge on any atom is -0.508 e. The first-order chi connectivity index (χ1) is 9.56. The Morgan fingerprint density at radius 3 is 2.55 bits per heavy atom. The van der Waals surface area contributed by atoms with Crippen molar-refractivity contribution in [3.05, 3.63) is 58.1 Å². The van der Waals surface area contributed by atoms with Gasteiger partial charge in [0.2, 0.25) is 0 Å². The highest BCUT2D eigenvalue weighted by Crippen LogP contribution is 2.20. The van der Waals surface area contributed by atoms with E-state index in [9.17, 15) is 9.90 Å². The highest BCUT2D eigenvalue weighted by molar-refractivity contribution is 9.10. The molecule has 1 amide bonds. The molecule has 0 radical (unpaired) electrons. The Morgan fingerprint density at radius 1 is 1.20 bits per heavy atom. The highest BCUT2D eigenvalue weighted by Gasteiger charge is 2.06. The number of carbonyl (C=O) groups excluding carboxylic acids is 1. The summed E-state index contributed by atoms with van der Waals surface area (Å²) in [6.45, 7) is 0.527. The molecular formula is C15H15BrN2O2. The molecule has 4 N–H and O–H groups in total. The molecule has 0 saturated carbocycles. The summed E-state index contributed by atoms with van der Waals surface area (Å²) in [5, 5.41) is 12.0. The van der Waals surface area contributed by atoms with E-state index in [0.717, 1.165) is 10.0 Å². The number of phenols is 1. The molecule has 0 fully saturated rings. The van der Waals surface area contributed by atoms with Gasteiger partial charge in [0.05, 0.1) is 0 Å². The minimum absolute atomic E-state index is 0.150. The van der Waals surface area contributed by atoms with E-state index in [0.29, 0.717) is 24.2 Å². The number of amides is 1. The molecule has 0 aromatic heterocycles. The molecule has 0 spiro atoms. The van der Waals surface area contributed by atoms with Crippen LogP contribution in [0.1, 0.15) is 15.9 Å². The Morgan fingerprint density at radius 2 is 1.90 bits per heavy atom. The van der Waals surface area contributed by atoms with Gasteiger partial charge < -0.3 is 16.2 Å². The van der Waals surface area contributed by atoms with Crippen molar-refractivity contribution in [1.29, 1.82) is 0 Å². The summed E-state index contributed by atoms with van der Waals surface area (Å²) >= 11 is 3.29. The van der Waals surface area contributed by atoms with E-state index in [4.69, 9.17) is 5.73 Å². The number of hydrogen-bond acceptors (Lipinski definition) is 3. The molecule has 2 rings (SSSR count). The number of halogens is 1. The lowest BCUT2D eigenvalue weighted by atomic mass is 10.1. The predicted octanol–water partition coefficient (Wildman–Crippen LogP) is 2.71. The number of benzene rings is 2. The van der Waals surface area contributed by atoms with Gasteiger partial charge in [-0.1, -0.05) is 12.1 Å². The number of hydrogen-bond donors (Lipinski definition) is 3. The molecule has 0 aliphatic heterocycles. The average Bonchev–Trinajstić information content (AvgIpc) is 2.44. The standard InChI is InChI=1S/C15H15BrN2O2/c16-13-6-3-11(9-14(13)17)15(20)18-8-7-10-1-4-12(19)5-2-10/h1-6,9,19H,7-8,17H2,(H,18,20). The Bertz CT molecular complexity index is 612. The van der Waals surface area contributed by atoms with Crippen molar-refractivity contribution in [1.82, 2.24) is 5.32 Å². The van der Waals surface area contributed by atoms with Gasteiger partial charge in [-0.15, -0.1) is 0 Å². The highest BCUT2D eigenvalue weighted by atomic mass is 79.9. The number of phenolic OH excluding ortho intramolecular Hbond substituents is 1. The molecule has 2 aromatic carbocycles. The third-order valence-electron chi connectivity index (χ3n) is 2.89. The molecule has 0 aliphatic carbocycles. The number of carbonyl (C=O) groups is 1. The van der Waals surface area contributed by atoms with Crippen LogP contribution < -0.4 is 11.1 Å². The lowest BCUT2D eigenvalue weighted by molar-refractivity contribution is 0.0954. The summed E-state index contributed by atoms with van der Waals surface area (Å²) in [7, 11) is 0. The lowest BCUT2D eigenvalue weighted by Crippen LogP contribution is -2.25. The van der Waals surface area contributed by atoms with E-state index < -0.39 is 0 Å². The van der Waals surface area contributed by atoms with Crippen LogP contribution in [0.5, 0.6) is 5.75 Å². The molecule has 0 saturated heterocycles. The molecule has 0 atom stereocenters. The minimum atomic E-state index is -0.150. The maximum absolute atomic E-state index is 11.9. The van der Waals surface area contributed by atoms with Gasteiger partial charge in [-0.05, 0) is 58.2 Å². The zero-order valence-electron chi connectivity index (χ0n) is 10.8. The zero-order valence-corrected chi connectivity index (χ0v) is 12.4. The molecule has 0 bridgehead atoms. The molecule has 104 valence electrons. The molecular weight excluding hydrogens is 320 g/mol. The molecule has 2 aromatic rings. The number of anilines is 1. The molecule has 0 aliphatic rings. The molecule has 20 heavy (non-hydrogen) atoms. The van der Waals surface area contributed by atoms with Crippen molar-refractivity contribution in [3.8, 4) is 5.75 Å². The Hall–Kier alpha value is -2.01. The van der Waals surface area contributed by atoms with Gasteiger partial charge >= 0.3 is 0 Å². The monoisotopic (exact) mass is 334 g/mol. The molecule has 4 nitrogen and oxygen atoms in total. The molecule has 0 unspecified atom stereocenters. The van der Waals surface area contributed by atoms with Crippen LogP contribution >= 0.6 is 15.9 Å². The van der Waals surface area contributed by atoms with E-state index in [1.54, 1.807) is 30.3 Å². The predicted molar refractivity (Wildman–Crippen MR) is 82.7 cm³/mol. The van der Waals surface area contributed by atoms with Gasteiger partial charge in [-0.2, -0.15) is 0 Å². The van der Waals surface area contributed by atoms with Gasteiger partial charge in [0.15, 0.2) is 0 Å². The summed E-state index contributed by atoms with van der Waals surface area (Å²) < 4.78 is 0.776. The lowest BCUT2D eigenvalue weighted by Gasteiger charge is -2.07. The van der Waals surface area contributed by atoms with Crippen molar-refractivity contribution in [2.45, 2.75) is 6.42 Å². The third-order valence-corrected chi connectivity index (χ3v) is 3.62. The Balaban J connectivity index is 1.88. The van der Waals surface area contributed by atoms with Gasteiger partial charge in [0.1, 0.15) is 5.75 Å². The van der Waals surface area contributed by atoms with Crippen LogP contribution in [0.2, 0.25) is 0 Å². The van der Waals surface area contributed by atoms with E-state index in [1.807, 2.05) is 12.1 Å². The first kappa shape index (κ1) is 14.4. The summed E-state index contributed by atoms with van der Waals surface area (Å²) in [5.74, 6) is 0.0890. The molecule has 5 heteroatoms. The van der Waals surface area contributed by atoms with Gasteiger partial charge in [0, 0.05) is 22.3 Å². The van der Waals surface area contributed by atoms with Crippen LogP contribution in [0.25, 0.3) is 0 Å². The number of aromatic hydroxyl groups is 1. The fourth-order valence-electron chi connectivity index (χ4n) is 1.77. The van der Waals surface area contributed by atoms with E-state index in [2.05, 4.69) is 21.2 Å². The SMILES string of the molecule is Nc1cc(C(=O)NCCc2ccc(O)cc2)ccc1Br. The van der Waals surface area contributed by atoms with Crippen molar-refractivity contribution < 1.29 is 9.90 Å². The van der Waals surface area contributed by atoms with Crippen molar-refractivity contribution >= 4 is 27.5 Å². The first-order valence-corrected chi connectivity index (χ1v) is 6.96. The van der Waals surface area contributed by atoms with Gasteiger partial charge in [-0.25, -0.2) is 0 Å². The fourth-order valence-corrected chi connectivity index (χ4v) is 2.02. The van der Waals surface area contributed by atoms with E-state index >= 15 is 0 Å². The second-order valence-corrected chi connectivity index (χ2v) is 5.26. The summed E-state index contributed by atoms with van der Waals surface area (Å²) in [5.41, 5.74) is 7.87. The van der Waals surface area contributed by atoms with Crippen LogP contribution in [0, 0.1) is 0 Å². The summed E-state index contributed by atoms with van der Waals surface area (Å²) in [6.07, 6.45) is 0.706. The van der Waals surface area contributed by atoms with Crippen LogP contribution in [0.4, 0.5) is 5.69 Å². The fraction of sp³-hybridized carbons (Fsp3) is 0.133.